The van der Waals surface area contributed by atoms with Crippen molar-refractivity contribution >= 4 is 29.4 Å². The summed E-state index contributed by atoms with van der Waals surface area (Å²) in [6.07, 6.45) is -5.81. The lowest BCUT2D eigenvalue weighted by atomic mass is 10.1. The van der Waals surface area contributed by atoms with Gasteiger partial charge in [0.1, 0.15) is 6.54 Å². The van der Waals surface area contributed by atoms with Gasteiger partial charge in [-0.15, -0.1) is 0 Å². The molecule has 3 rings (SSSR count). The van der Waals surface area contributed by atoms with Gasteiger partial charge in [0.2, 0.25) is 0 Å². The number of nitrogens with zero attached hydrogens (tertiary/aromatic N) is 1. The molecule has 7 nitrogen and oxygen atoms in total. The molecule has 0 unspecified atom stereocenters. The number of anilines is 1. The standard InChI is InChI=1S/C20H15F3N2O5/c1-11(17(27)24-13-8-6-12(7-9-13)20(21,22)23)30-16(26)10-25-18(28)14-4-2-3-5-15(14)19(25)29/h2-9,11H,10H2,1H3,(H,24,27)/t11-/m1/s1. The van der Waals surface area contributed by atoms with Gasteiger partial charge in [0.05, 0.1) is 16.7 Å². The molecule has 1 aliphatic heterocycles. The Kier molecular flexibility index (Phi) is 5.59. The van der Waals surface area contributed by atoms with Crippen molar-refractivity contribution in [2.75, 3.05) is 11.9 Å². The van der Waals surface area contributed by atoms with Crippen LogP contribution in [0.1, 0.15) is 33.2 Å². The second kappa shape index (κ2) is 7.97. The van der Waals surface area contributed by atoms with Crippen molar-refractivity contribution in [3.8, 4) is 0 Å². The number of benzene rings is 2. The van der Waals surface area contributed by atoms with Crippen molar-refractivity contribution < 1.29 is 37.1 Å². The Bertz CT molecular complexity index is 983. The van der Waals surface area contributed by atoms with Gasteiger partial charge in [-0.3, -0.25) is 24.1 Å². The summed E-state index contributed by atoms with van der Waals surface area (Å²) in [6, 6.07) is 9.81. The Labute approximate surface area is 168 Å². The second-order valence-corrected chi connectivity index (χ2v) is 6.44. The fourth-order valence-corrected chi connectivity index (χ4v) is 2.79. The molecule has 1 aliphatic rings. The van der Waals surface area contributed by atoms with Crippen LogP contribution in [0.25, 0.3) is 0 Å². The van der Waals surface area contributed by atoms with Crippen molar-refractivity contribution in [1.82, 2.24) is 4.90 Å². The zero-order chi connectivity index (χ0) is 22.1. The predicted molar refractivity (Wildman–Crippen MR) is 97.4 cm³/mol. The number of amides is 3. The lowest BCUT2D eigenvalue weighted by Gasteiger charge is -2.17. The number of esters is 1. The number of alkyl halides is 3. The number of nitrogens with one attached hydrogen (secondary N) is 1. The Hall–Kier alpha value is -3.69. The third-order valence-electron chi connectivity index (χ3n) is 4.32. The first-order valence-electron chi connectivity index (χ1n) is 8.71. The molecule has 10 heteroatoms. The van der Waals surface area contributed by atoms with E-state index in [0.29, 0.717) is 4.90 Å². The lowest BCUT2D eigenvalue weighted by Crippen LogP contribution is -2.38. The lowest BCUT2D eigenvalue weighted by molar-refractivity contribution is -0.153. The molecule has 0 aliphatic carbocycles. The van der Waals surface area contributed by atoms with Crippen LogP contribution >= 0.6 is 0 Å². The van der Waals surface area contributed by atoms with Crippen LogP contribution in [0.4, 0.5) is 18.9 Å². The number of rotatable bonds is 5. The molecule has 1 heterocycles. The summed E-state index contributed by atoms with van der Waals surface area (Å²) in [5.74, 6) is -3.06. The molecule has 30 heavy (non-hydrogen) atoms. The Balaban J connectivity index is 1.56. The zero-order valence-electron chi connectivity index (χ0n) is 15.5. The topological polar surface area (TPSA) is 92.8 Å². The number of hydrogen-bond donors (Lipinski definition) is 1. The predicted octanol–water partition coefficient (Wildman–Crippen LogP) is 2.87. The normalized spacial score (nSPS) is 14.3. The van der Waals surface area contributed by atoms with Crippen LogP contribution in [0.5, 0.6) is 0 Å². The van der Waals surface area contributed by atoms with Crippen molar-refractivity contribution in [2.45, 2.75) is 19.2 Å². The first-order valence-corrected chi connectivity index (χ1v) is 8.71. The minimum atomic E-state index is -4.50. The van der Waals surface area contributed by atoms with Crippen molar-refractivity contribution in [2.24, 2.45) is 0 Å². The maximum Gasteiger partial charge on any atom is 0.416 e. The van der Waals surface area contributed by atoms with E-state index in [9.17, 15) is 32.3 Å². The van der Waals surface area contributed by atoms with Gasteiger partial charge in [-0.1, -0.05) is 12.1 Å². The molecule has 1 atom stereocenters. The highest BCUT2D eigenvalue weighted by atomic mass is 19.4. The van der Waals surface area contributed by atoms with Crippen LogP contribution in [-0.2, 0) is 20.5 Å². The average molecular weight is 420 g/mol. The molecule has 0 saturated heterocycles. The van der Waals surface area contributed by atoms with E-state index in [1.807, 2.05) is 0 Å². The molecule has 2 aromatic rings. The molecule has 1 N–H and O–H groups in total. The molecule has 156 valence electrons. The summed E-state index contributed by atoms with van der Waals surface area (Å²) >= 11 is 0. The fourth-order valence-electron chi connectivity index (χ4n) is 2.79. The maximum absolute atomic E-state index is 12.6. The Morgan fingerprint density at radius 2 is 1.53 bits per heavy atom. The van der Waals surface area contributed by atoms with Crippen LogP contribution in [0.15, 0.2) is 48.5 Å². The monoisotopic (exact) mass is 420 g/mol. The molecule has 0 spiro atoms. The van der Waals surface area contributed by atoms with Gasteiger partial charge >= 0.3 is 12.1 Å². The summed E-state index contributed by atoms with van der Waals surface area (Å²) in [7, 11) is 0. The van der Waals surface area contributed by atoms with Crippen LogP contribution in [0.3, 0.4) is 0 Å². The van der Waals surface area contributed by atoms with E-state index in [0.717, 1.165) is 24.3 Å². The first kappa shape index (κ1) is 21.0. The molecular formula is C20H15F3N2O5. The minimum absolute atomic E-state index is 0.0799. The van der Waals surface area contributed by atoms with Gasteiger partial charge < -0.3 is 10.1 Å². The molecule has 0 saturated carbocycles. The van der Waals surface area contributed by atoms with Gasteiger partial charge in [0.15, 0.2) is 6.10 Å². The molecule has 3 amide bonds. The number of halogens is 3. The van der Waals surface area contributed by atoms with E-state index in [4.69, 9.17) is 4.74 Å². The van der Waals surface area contributed by atoms with Gasteiger partial charge in [0.25, 0.3) is 17.7 Å². The summed E-state index contributed by atoms with van der Waals surface area (Å²) in [5, 5.41) is 2.32. The summed E-state index contributed by atoms with van der Waals surface area (Å²) in [6.45, 7) is 0.573. The Morgan fingerprint density at radius 1 is 1.00 bits per heavy atom. The summed E-state index contributed by atoms with van der Waals surface area (Å²) in [5.41, 5.74) is -0.455. The average Bonchev–Trinajstić information content (AvgIpc) is 2.93. The molecule has 2 aromatic carbocycles. The van der Waals surface area contributed by atoms with Gasteiger partial charge in [-0.2, -0.15) is 13.2 Å². The van der Waals surface area contributed by atoms with E-state index in [2.05, 4.69) is 5.32 Å². The van der Waals surface area contributed by atoms with Crippen molar-refractivity contribution in [1.29, 1.82) is 0 Å². The molecule has 0 fully saturated rings. The SMILES string of the molecule is C[C@@H](OC(=O)CN1C(=O)c2ccccc2C1=O)C(=O)Nc1ccc(C(F)(F)F)cc1. The zero-order valence-corrected chi connectivity index (χ0v) is 15.5. The van der Waals surface area contributed by atoms with Gasteiger partial charge in [-0.05, 0) is 43.3 Å². The number of carbonyl (C=O) groups is 4. The number of hydrogen-bond acceptors (Lipinski definition) is 5. The molecule has 0 bridgehead atoms. The second-order valence-electron chi connectivity index (χ2n) is 6.44. The van der Waals surface area contributed by atoms with E-state index >= 15 is 0 Å². The quantitative estimate of drug-likeness (QED) is 0.593. The van der Waals surface area contributed by atoms with Crippen LogP contribution in [-0.4, -0.2) is 41.2 Å². The first-order chi connectivity index (χ1) is 14.1. The van der Waals surface area contributed by atoms with Crippen LogP contribution in [0.2, 0.25) is 0 Å². The minimum Gasteiger partial charge on any atom is -0.451 e. The van der Waals surface area contributed by atoms with Crippen LogP contribution in [0, 0.1) is 0 Å². The molecule has 0 aromatic heterocycles. The maximum atomic E-state index is 12.6. The molecule has 0 radical (unpaired) electrons. The smallest absolute Gasteiger partial charge is 0.416 e. The van der Waals surface area contributed by atoms with E-state index in [1.54, 1.807) is 12.1 Å². The van der Waals surface area contributed by atoms with Crippen molar-refractivity contribution in [3.05, 3.63) is 65.2 Å². The summed E-state index contributed by atoms with van der Waals surface area (Å²) < 4.78 is 42.6. The largest absolute Gasteiger partial charge is 0.451 e. The number of carbonyl (C=O) groups excluding carboxylic acids is 4. The third kappa shape index (κ3) is 4.32. The highest BCUT2D eigenvalue weighted by molar-refractivity contribution is 6.22. The van der Waals surface area contributed by atoms with E-state index < -0.39 is 48.1 Å². The van der Waals surface area contributed by atoms with Gasteiger partial charge in [0, 0.05) is 5.69 Å². The van der Waals surface area contributed by atoms with E-state index in [1.165, 1.54) is 19.1 Å². The summed E-state index contributed by atoms with van der Waals surface area (Å²) in [4.78, 5) is 49.4. The highest BCUT2D eigenvalue weighted by Gasteiger charge is 2.37. The fraction of sp³-hybridized carbons (Fsp3) is 0.200. The van der Waals surface area contributed by atoms with Crippen LogP contribution < -0.4 is 5.32 Å². The number of fused-ring (bicyclic) bond motifs is 1. The van der Waals surface area contributed by atoms with Gasteiger partial charge in [-0.25, -0.2) is 0 Å². The number of imide groups is 1. The Morgan fingerprint density at radius 3 is 2.03 bits per heavy atom. The highest BCUT2D eigenvalue weighted by Crippen LogP contribution is 2.29. The number of ether oxygens (including phenoxy) is 1. The van der Waals surface area contributed by atoms with Crippen molar-refractivity contribution in [3.63, 3.8) is 0 Å². The molecular weight excluding hydrogens is 405 g/mol. The third-order valence-corrected chi connectivity index (χ3v) is 4.32. The van der Waals surface area contributed by atoms with E-state index in [-0.39, 0.29) is 16.8 Å².